The van der Waals surface area contributed by atoms with Gasteiger partial charge in [-0.1, -0.05) is 6.08 Å². The maximum atomic E-state index is 14.2. The molecule has 11 heteroatoms. The van der Waals surface area contributed by atoms with Gasteiger partial charge in [-0.3, -0.25) is 0 Å². The highest BCUT2D eigenvalue weighted by Gasteiger charge is 2.32. The topological polar surface area (TPSA) is 108 Å². The van der Waals surface area contributed by atoms with Crippen LogP contribution in [-0.4, -0.2) is 68.6 Å². The van der Waals surface area contributed by atoms with E-state index in [1.54, 1.807) is 10.7 Å². The van der Waals surface area contributed by atoms with Crippen molar-refractivity contribution < 1.29 is 13.9 Å². The van der Waals surface area contributed by atoms with Gasteiger partial charge < -0.3 is 26.0 Å². The monoisotopic (exact) mass is 496 g/mol. The van der Waals surface area contributed by atoms with E-state index in [2.05, 4.69) is 42.5 Å². The van der Waals surface area contributed by atoms with E-state index >= 15 is 0 Å². The van der Waals surface area contributed by atoms with Crippen molar-refractivity contribution in [2.24, 2.45) is 0 Å². The van der Waals surface area contributed by atoms with Gasteiger partial charge in [-0.15, -0.1) is 0 Å². The normalized spacial score (nSPS) is 17.4. The first-order valence-corrected chi connectivity index (χ1v) is 12.1. The van der Waals surface area contributed by atoms with Gasteiger partial charge in [-0.05, 0) is 44.0 Å². The Balaban J connectivity index is 1.23. The number of aliphatic hydroxyl groups is 1. The number of hydrogen-bond donors (Lipinski definition) is 3. The highest BCUT2D eigenvalue weighted by atomic mass is 19.1. The molecular weight excluding hydrogens is 466 g/mol. The van der Waals surface area contributed by atoms with E-state index in [0.29, 0.717) is 42.3 Å². The van der Waals surface area contributed by atoms with E-state index in [0.717, 1.165) is 43.4 Å². The number of nitrogens with one attached hydrogen (secondary N) is 1. The average Bonchev–Trinajstić information content (AvgIpc) is 3.22. The molecule has 0 radical (unpaired) electrons. The molecule has 2 aliphatic rings. The van der Waals surface area contributed by atoms with Crippen LogP contribution < -0.4 is 16.0 Å². The number of fused-ring (bicyclic) bond motifs is 3. The summed E-state index contributed by atoms with van der Waals surface area (Å²) in [6.45, 7) is 4.65. The quantitative estimate of drug-likeness (QED) is 0.458. The molecule has 4 heterocycles. The third-order valence-corrected chi connectivity index (χ3v) is 6.82. The number of piperazine rings is 1. The molecule has 0 spiro atoms. The Morgan fingerprint density at radius 3 is 2.92 bits per heavy atom. The Morgan fingerprint density at radius 2 is 2.08 bits per heavy atom. The standard InChI is InChI=1S/C25H30F2N8O/c1-16-17(14-30-35(16)24-13-23(29-6-10-36)31-25(28)32-24)3-2-7-33-8-9-34-19(15-33)4-5-20-21(27)11-18(26)12-22(20)34/h2,7,11-14,19,36H,3-6,8-10,15H2,1H3,(H3,28,29,31,32)/b7-2+. The van der Waals surface area contributed by atoms with Crippen molar-refractivity contribution in [3.8, 4) is 5.82 Å². The molecule has 4 N–H and O–H groups in total. The second-order valence-corrected chi connectivity index (χ2v) is 9.14. The Bertz CT molecular complexity index is 1280. The largest absolute Gasteiger partial charge is 0.395 e. The highest BCUT2D eigenvalue weighted by Crippen LogP contribution is 2.35. The van der Waals surface area contributed by atoms with Crippen LogP contribution in [0.25, 0.3) is 5.82 Å². The van der Waals surface area contributed by atoms with Gasteiger partial charge >= 0.3 is 0 Å². The molecule has 1 atom stereocenters. The fraction of sp³-hybridized carbons (Fsp3) is 0.400. The van der Waals surface area contributed by atoms with Crippen molar-refractivity contribution in [3.05, 3.63) is 65.1 Å². The average molecular weight is 497 g/mol. The van der Waals surface area contributed by atoms with E-state index in [4.69, 9.17) is 10.8 Å². The lowest BCUT2D eigenvalue weighted by atomic mass is 9.93. The number of halogens is 2. The molecule has 3 aromatic rings. The van der Waals surface area contributed by atoms with Gasteiger partial charge in [-0.25, -0.2) is 13.5 Å². The fourth-order valence-electron chi connectivity index (χ4n) is 5.02. The molecule has 2 aromatic heterocycles. The molecule has 36 heavy (non-hydrogen) atoms. The van der Waals surface area contributed by atoms with E-state index < -0.39 is 11.6 Å². The molecule has 1 unspecified atom stereocenters. The number of allylic oxidation sites excluding steroid dienone is 1. The van der Waals surface area contributed by atoms with Crippen LogP contribution in [-0.2, 0) is 12.8 Å². The summed E-state index contributed by atoms with van der Waals surface area (Å²) in [5, 5.41) is 16.5. The molecular formula is C25H30F2N8O. The minimum absolute atomic E-state index is 0.0172. The number of anilines is 3. The molecule has 1 saturated heterocycles. The lowest BCUT2D eigenvalue weighted by molar-refractivity contribution is 0.281. The second kappa shape index (κ2) is 10.1. The van der Waals surface area contributed by atoms with Gasteiger partial charge in [0.15, 0.2) is 5.82 Å². The molecule has 9 nitrogen and oxygen atoms in total. The summed E-state index contributed by atoms with van der Waals surface area (Å²) < 4.78 is 29.8. The second-order valence-electron chi connectivity index (χ2n) is 9.14. The smallest absolute Gasteiger partial charge is 0.224 e. The summed E-state index contributed by atoms with van der Waals surface area (Å²) in [5.74, 6) is 0.241. The van der Waals surface area contributed by atoms with Crippen LogP contribution in [0.15, 0.2) is 36.7 Å². The minimum atomic E-state index is -0.521. The summed E-state index contributed by atoms with van der Waals surface area (Å²) in [5.41, 5.74) is 9.19. The summed E-state index contributed by atoms with van der Waals surface area (Å²) in [6.07, 6.45) is 8.22. The number of hydrogen-bond acceptors (Lipinski definition) is 8. The SMILES string of the molecule is Cc1c(C/C=C/N2CCN3c4cc(F)cc(F)c4CCC3C2)cnn1-c1cc(NCCO)nc(N)n1. The Hall–Kier alpha value is -3.73. The Kier molecular flexibility index (Phi) is 6.73. The number of nitrogens with zero attached hydrogens (tertiary/aromatic N) is 6. The van der Waals surface area contributed by atoms with Gasteiger partial charge in [0, 0.05) is 61.3 Å². The number of nitrogen functional groups attached to an aromatic ring is 1. The summed E-state index contributed by atoms with van der Waals surface area (Å²) in [6, 6.07) is 4.42. The summed E-state index contributed by atoms with van der Waals surface area (Å²) >= 11 is 0. The van der Waals surface area contributed by atoms with Gasteiger partial charge in [0.25, 0.3) is 0 Å². The molecule has 190 valence electrons. The highest BCUT2D eigenvalue weighted by molar-refractivity contribution is 5.58. The van der Waals surface area contributed by atoms with Crippen LogP contribution in [0.4, 0.5) is 26.2 Å². The number of benzene rings is 1. The van der Waals surface area contributed by atoms with Crippen molar-refractivity contribution in [3.63, 3.8) is 0 Å². The first-order chi connectivity index (χ1) is 17.4. The Morgan fingerprint density at radius 1 is 1.22 bits per heavy atom. The Labute approximate surface area is 208 Å². The van der Waals surface area contributed by atoms with E-state index in [1.807, 2.05) is 13.1 Å². The van der Waals surface area contributed by atoms with Gasteiger partial charge in [0.2, 0.25) is 5.95 Å². The lowest BCUT2D eigenvalue weighted by Gasteiger charge is -2.46. The zero-order chi connectivity index (χ0) is 25.2. The molecule has 0 amide bonds. The van der Waals surface area contributed by atoms with Gasteiger partial charge in [0.1, 0.15) is 17.5 Å². The molecule has 2 aliphatic heterocycles. The van der Waals surface area contributed by atoms with E-state index in [-0.39, 0.29) is 18.6 Å². The molecule has 0 bridgehead atoms. The maximum Gasteiger partial charge on any atom is 0.224 e. The van der Waals surface area contributed by atoms with Crippen molar-refractivity contribution in [1.82, 2.24) is 24.6 Å². The third-order valence-electron chi connectivity index (χ3n) is 6.82. The van der Waals surface area contributed by atoms with Crippen molar-refractivity contribution in [2.45, 2.75) is 32.2 Å². The van der Waals surface area contributed by atoms with Crippen LogP contribution in [0.1, 0.15) is 23.2 Å². The van der Waals surface area contributed by atoms with Crippen LogP contribution in [0, 0.1) is 18.6 Å². The van der Waals surface area contributed by atoms with Crippen LogP contribution >= 0.6 is 0 Å². The van der Waals surface area contributed by atoms with Crippen LogP contribution in [0.2, 0.25) is 0 Å². The maximum absolute atomic E-state index is 14.2. The number of aliphatic hydroxyl groups excluding tert-OH is 1. The predicted octanol–water partition coefficient (Wildman–Crippen LogP) is 2.43. The molecule has 0 aliphatic carbocycles. The van der Waals surface area contributed by atoms with E-state index in [1.165, 1.54) is 6.07 Å². The van der Waals surface area contributed by atoms with Crippen molar-refractivity contribution >= 4 is 17.5 Å². The van der Waals surface area contributed by atoms with Crippen LogP contribution in [0.5, 0.6) is 0 Å². The molecule has 1 aromatic carbocycles. The van der Waals surface area contributed by atoms with Gasteiger partial charge in [0.05, 0.1) is 12.8 Å². The molecule has 0 saturated carbocycles. The summed E-state index contributed by atoms with van der Waals surface area (Å²) in [7, 11) is 0. The number of aromatic nitrogens is 4. The molecule has 5 rings (SSSR count). The van der Waals surface area contributed by atoms with Crippen molar-refractivity contribution in [1.29, 1.82) is 0 Å². The third kappa shape index (κ3) is 4.83. The minimum Gasteiger partial charge on any atom is -0.395 e. The number of nitrogens with two attached hydrogens (primary N) is 1. The van der Waals surface area contributed by atoms with Gasteiger partial charge in [-0.2, -0.15) is 15.1 Å². The summed E-state index contributed by atoms with van der Waals surface area (Å²) in [4.78, 5) is 12.8. The zero-order valence-electron chi connectivity index (χ0n) is 20.2. The van der Waals surface area contributed by atoms with Crippen LogP contribution in [0.3, 0.4) is 0 Å². The first kappa shape index (κ1) is 24.0. The van der Waals surface area contributed by atoms with Crippen molar-refractivity contribution in [2.75, 3.05) is 48.7 Å². The molecule has 1 fully saturated rings. The van der Waals surface area contributed by atoms with E-state index in [9.17, 15) is 8.78 Å². The zero-order valence-corrected chi connectivity index (χ0v) is 20.2. The lowest BCUT2D eigenvalue weighted by Crippen LogP contribution is -2.53. The fourth-order valence-corrected chi connectivity index (χ4v) is 5.02. The number of rotatable bonds is 7. The predicted molar refractivity (Wildman–Crippen MR) is 134 cm³/mol. The first-order valence-electron chi connectivity index (χ1n) is 12.1.